The van der Waals surface area contributed by atoms with Crippen molar-refractivity contribution in [1.82, 2.24) is 19.8 Å². The number of nitrogens with one attached hydrogen (secondary N) is 2. The molecule has 4 N–H and O–H groups in total. The van der Waals surface area contributed by atoms with Crippen LogP contribution >= 0.6 is 11.3 Å². The van der Waals surface area contributed by atoms with Gasteiger partial charge in [0.1, 0.15) is 6.04 Å². The molecule has 1 saturated heterocycles. The molecule has 0 aromatic carbocycles. The molecule has 11 heteroatoms. The first-order valence-corrected chi connectivity index (χ1v) is 13.3. The van der Waals surface area contributed by atoms with Crippen molar-refractivity contribution < 1.29 is 19.1 Å². The lowest BCUT2D eigenvalue weighted by molar-refractivity contribution is -0.118. The van der Waals surface area contributed by atoms with Gasteiger partial charge in [0.05, 0.1) is 18.4 Å². The third-order valence-corrected chi connectivity index (χ3v) is 7.10. The van der Waals surface area contributed by atoms with E-state index in [9.17, 15) is 14.4 Å². The Morgan fingerprint density at radius 2 is 2.08 bits per heavy atom. The summed E-state index contributed by atoms with van der Waals surface area (Å²) in [6.45, 7) is 7.90. The van der Waals surface area contributed by atoms with Crippen LogP contribution in [-0.2, 0) is 15.1 Å². The van der Waals surface area contributed by atoms with Gasteiger partial charge in [-0.05, 0) is 65.5 Å². The van der Waals surface area contributed by atoms with E-state index in [1.54, 1.807) is 17.2 Å². The maximum atomic E-state index is 13.1. The Balaban J connectivity index is 1.65. The summed E-state index contributed by atoms with van der Waals surface area (Å²) in [5, 5.41) is 8.15. The standard InChI is InChI=1S/C25H38N6O4S/c1-25(2,3)31-13-10-18(15-31)21(32)27-19(9-5-6-11-26)22(33)29-23-28-20(16-36-23)17-8-7-12-30(14-17)24(34)35-4/h10,13,15-17,19H,5-9,11-12,14,26H2,1-4H3,(H,27,32)(H,28,29,33)/t17?,19-/m0/s1. The van der Waals surface area contributed by atoms with Crippen molar-refractivity contribution in [3.63, 3.8) is 0 Å². The lowest BCUT2D eigenvalue weighted by atomic mass is 9.96. The molecular formula is C25H38N6O4S. The smallest absolute Gasteiger partial charge is 0.409 e. The van der Waals surface area contributed by atoms with Crippen LogP contribution in [0, 0.1) is 0 Å². The fourth-order valence-corrected chi connectivity index (χ4v) is 4.98. The average molecular weight is 519 g/mol. The molecule has 0 saturated carbocycles. The number of nitrogens with two attached hydrogens (primary N) is 1. The number of methoxy groups -OCH3 is 1. The van der Waals surface area contributed by atoms with Crippen LogP contribution in [0.3, 0.4) is 0 Å². The van der Waals surface area contributed by atoms with Crippen LogP contribution < -0.4 is 16.4 Å². The Morgan fingerprint density at radius 1 is 1.31 bits per heavy atom. The zero-order valence-electron chi connectivity index (χ0n) is 21.6. The summed E-state index contributed by atoms with van der Waals surface area (Å²) in [4.78, 5) is 44.3. The number of piperidine rings is 1. The number of hydrogen-bond donors (Lipinski definition) is 3. The first kappa shape index (κ1) is 27.7. The van der Waals surface area contributed by atoms with E-state index < -0.39 is 6.04 Å². The highest BCUT2D eigenvalue weighted by molar-refractivity contribution is 7.13. The van der Waals surface area contributed by atoms with Crippen molar-refractivity contribution in [3.05, 3.63) is 35.1 Å². The Kier molecular flexibility index (Phi) is 9.49. The first-order valence-electron chi connectivity index (χ1n) is 12.4. The molecule has 1 aliphatic heterocycles. The molecule has 1 fully saturated rings. The Morgan fingerprint density at radius 3 is 2.75 bits per heavy atom. The number of likely N-dealkylation sites (tertiary alicyclic amines) is 1. The van der Waals surface area contributed by atoms with E-state index in [2.05, 4.69) is 36.4 Å². The number of aromatic nitrogens is 2. The molecule has 0 spiro atoms. The van der Waals surface area contributed by atoms with Gasteiger partial charge in [-0.2, -0.15) is 0 Å². The molecule has 2 aromatic rings. The second-order valence-corrected chi connectivity index (χ2v) is 11.0. The predicted molar refractivity (Wildman–Crippen MR) is 140 cm³/mol. The van der Waals surface area contributed by atoms with Crippen molar-refractivity contribution >= 4 is 34.4 Å². The number of anilines is 1. The Labute approximate surface area is 216 Å². The van der Waals surface area contributed by atoms with E-state index >= 15 is 0 Å². The number of carbonyl (C=O) groups is 3. The van der Waals surface area contributed by atoms with Gasteiger partial charge in [-0.1, -0.05) is 0 Å². The number of nitrogens with zero attached hydrogens (tertiary/aromatic N) is 3. The summed E-state index contributed by atoms with van der Waals surface area (Å²) in [6, 6.07) is 1.04. The molecule has 0 bridgehead atoms. The summed E-state index contributed by atoms with van der Waals surface area (Å²) in [6.07, 6.45) is 7.05. The SMILES string of the molecule is COC(=O)N1CCCC(c2csc(NC(=O)[C@H](CCCCN)NC(=O)c3ccn(C(C)(C)C)c3)n2)C1. The average Bonchev–Trinajstić information content (AvgIpc) is 3.53. The van der Waals surface area contributed by atoms with Crippen LogP contribution in [-0.4, -0.2) is 65.1 Å². The van der Waals surface area contributed by atoms with Crippen LogP contribution in [0.5, 0.6) is 0 Å². The highest BCUT2D eigenvalue weighted by Gasteiger charge is 2.28. The molecule has 36 heavy (non-hydrogen) atoms. The van der Waals surface area contributed by atoms with Crippen LogP contribution in [0.1, 0.15) is 74.8 Å². The Hall–Kier alpha value is -2.92. The molecule has 0 radical (unpaired) electrons. The fourth-order valence-electron chi connectivity index (χ4n) is 4.19. The lowest BCUT2D eigenvalue weighted by Gasteiger charge is -2.30. The van der Waals surface area contributed by atoms with Gasteiger partial charge in [0, 0.05) is 42.3 Å². The number of hydrogen-bond acceptors (Lipinski definition) is 7. The van der Waals surface area contributed by atoms with E-state index in [-0.39, 0.29) is 29.4 Å². The number of thiazole rings is 1. The minimum atomic E-state index is -0.709. The maximum Gasteiger partial charge on any atom is 0.409 e. The monoisotopic (exact) mass is 518 g/mol. The third kappa shape index (κ3) is 7.30. The largest absolute Gasteiger partial charge is 0.453 e. The molecule has 0 aliphatic carbocycles. The van der Waals surface area contributed by atoms with Crippen molar-refractivity contribution in [2.45, 2.75) is 70.4 Å². The Bertz CT molecular complexity index is 1040. The fraction of sp³-hybridized carbons (Fsp3) is 0.600. The van der Waals surface area contributed by atoms with Gasteiger partial charge >= 0.3 is 6.09 Å². The van der Waals surface area contributed by atoms with E-state index in [1.807, 2.05) is 16.1 Å². The second-order valence-electron chi connectivity index (χ2n) is 10.1. The van der Waals surface area contributed by atoms with E-state index in [0.29, 0.717) is 43.2 Å². The van der Waals surface area contributed by atoms with Gasteiger partial charge in [-0.3, -0.25) is 9.59 Å². The summed E-state index contributed by atoms with van der Waals surface area (Å²) < 4.78 is 6.82. The molecule has 2 aromatic heterocycles. The number of carbonyl (C=O) groups excluding carboxylic acids is 3. The summed E-state index contributed by atoms with van der Waals surface area (Å²) in [5.74, 6) is -0.515. The van der Waals surface area contributed by atoms with Gasteiger partial charge in [0.2, 0.25) is 5.91 Å². The predicted octanol–water partition coefficient (Wildman–Crippen LogP) is 3.51. The summed E-state index contributed by atoms with van der Waals surface area (Å²) in [5.41, 5.74) is 6.83. The van der Waals surface area contributed by atoms with Crippen molar-refractivity contribution in [3.8, 4) is 0 Å². The topological polar surface area (TPSA) is 132 Å². The molecule has 10 nitrogen and oxygen atoms in total. The summed E-state index contributed by atoms with van der Waals surface area (Å²) in [7, 11) is 1.38. The van der Waals surface area contributed by atoms with E-state index in [1.165, 1.54) is 18.4 Å². The first-order chi connectivity index (χ1) is 17.1. The highest BCUT2D eigenvalue weighted by atomic mass is 32.1. The van der Waals surface area contributed by atoms with E-state index in [4.69, 9.17) is 10.5 Å². The molecule has 1 aliphatic rings. The third-order valence-electron chi connectivity index (χ3n) is 6.32. The molecule has 1 unspecified atom stereocenters. The lowest BCUT2D eigenvalue weighted by Crippen LogP contribution is -2.43. The molecule has 3 heterocycles. The zero-order chi connectivity index (χ0) is 26.3. The normalized spacial score (nSPS) is 16.9. The molecule has 3 rings (SSSR count). The summed E-state index contributed by atoms with van der Waals surface area (Å²) >= 11 is 1.34. The van der Waals surface area contributed by atoms with Gasteiger partial charge in [-0.25, -0.2) is 9.78 Å². The molecule has 198 valence electrons. The maximum absolute atomic E-state index is 13.1. The minimum Gasteiger partial charge on any atom is -0.453 e. The van der Waals surface area contributed by atoms with Crippen LogP contribution in [0.2, 0.25) is 0 Å². The van der Waals surface area contributed by atoms with Crippen LogP contribution in [0.25, 0.3) is 0 Å². The quantitative estimate of drug-likeness (QED) is 0.435. The van der Waals surface area contributed by atoms with E-state index in [0.717, 1.165) is 25.0 Å². The number of unbranched alkanes of at least 4 members (excludes halogenated alkanes) is 1. The number of amides is 3. The molecular weight excluding hydrogens is 480 g/mol. The second kappa shape index (κ2) is 12.4. The van der Waals surface area contributed by atoms with Crippen molar-refractivity contribution in [1.29, 1.82) is 0 Å². The zero-order valence-corrected chi connectivity index (χ0v) is 22.4. The number of rotatable bonds is 9. The molecule has 3 amide bonds. The van der Waals surface area contributed by atoms with Crippen molar-refractivity contribution in [2.24, 2.45) is 5.73 Å². The van der Waals surface area contributed by atoms with Gasteiger partial charge in [0.15, 0.2) is 5.13 Å². The van der Waals surface area contributed by atoms with Crippen molar-refractivity contribution in [2.75, 3.05) is 32.1 Å². The van der Waals surface area contributed by atoms with Gasteiger partial charge in [0.25, 0.3) is 5.91 Å². The van der Waals surface area contributed by atoms with Gasteiger partial charge in [-0.15, -0.1) is 11.3 Å². The number of ether oxygens (including phenoxy) is 1. The van der Waals surface area contributed by atoms with Crippen LogP contribution in [0.4, 0.5) is 9.93 Å². The highest BCUT2D eigenvalue weighted by Crippen LogP contribution is 2.30. The minimum absolute atomic E-state index is 0.0895. The van der Waals surface area contributed by atoms with Crippen LogP contribution in [0.15, 0.2) is 23.8 Å². The van der Waals surface area contributed by atoms with Gasteiger partial charge < -0.3 is 30.6 Å². The molecule has 2 atom stereocenters.